The third-order valence-corrected chi connectivity index (χ3v) is 4.71. The summed E-state index contributed by atoms with van der Waals surface area (Å²) in [6.07, 6.45) is 0.106. The summed E-state index contributed by atoms with van der Waals surface area (Å²) in [6, 6.07) is 7.19. The molecular weight excluding hydrogens is 322 g/mol. The molecule has 2 atom stereocenters. The Balaban J connectivity index is 1.46. The zero-order chi connectivity index (χ0) is 17.4. The van der Waals surface area contributed by atoms with Crippen LogP contribution in [-0.4, -0.2) is 58.5 Å². The molecular formula is C18H21N3O4. The van der Waals surface area contributed by atoms with E-state index in [1.54, 1.807) is 23.1 Å². The summed E-state index contributed by atoms with van der Waals surface area (Å²) in [5.41, 5.74) is 2.45. The first-order valence-corrected chi connectivity index (χ1v) is 8.48. The Morgan fingerprint density at radius 2 is 2.08 bits per heavy atom. The molecule has 7 heteroatoms. The van der Waals surface area contributed by atoms with Gasteiger partial charge in [-0.2, -0.15) is 5.10 Å². The average Bonchev–Trinajstić information content (AvgIpc) is 3.20. The lowest BCUT2D eigenvalue weighted by Crippen LogP contribution is -2.29. The molecule has 2 aliphatic rings. The number of rotatable bonds is 3. The number of aliphatic hydroxyl groups is 1. The van der Waals surface area contributed by atoms with Crippen molar-refractivity contribution in [3.8, 4) is 11.5 Å². The second-order valence-corrected chi connectivity index (χ2v) is 6.64. The van der Waals surface area contributed by atoms with Crippen molar-refractivity contribution < 1.29 is 19.4 Å². The van der Waals surface area contributed by atoms with Crippen LogP contribution in [0.2, 0.25) is 0 Å². The number of aliphatic hydroxyl groups excluding tert-OH is 1. The number of aromatic nitrogens is 2. The molecule has 4 rings (SSSR count). The molecule has 0 spiro atoms. The van der Waals surface area contributed by atoms with Gasteiger partial charge in [-0.15, -0.1) is 0 Å². The number of aryl methyl sites for hydroxylation is 1. The fraction of sp³-hybridized carbons (Fsp3) is 0.444. The van der Waals surface area contributed by atoms with E-state index < -0.39 is 6.10 Å². The third kappa shape index (κ3) is 3.19. The number of fused-ring (bicyclic) bond motifs is 1. The number of carbonyl (C=O) groups excluding carboxylic acids is 1. The van der Waals surface area contributed by atoms with Gasteiger partial charge in [0.1, 0.15) is 13.2 Å². The first-order chi connectivity index (χ1) is 12.1. The summed E-state index contributed by atoms with van der Waals surface area (Å²) in [5.74, 6) is 1.15. The quantitative estimate of drug-likeness (QED) is 0.873. The van der Waals surface area contributed by atoms with E-state index in [1.165, 1.54) is 0 Å². The molecule has 1 saturated heterocycles. The summed E-state index contributed by atoms with van der Waals surface area (Å²) >= 11 is 0. The number of H-pyrrole nitrogens is 1. The van der Waals surface area contributed by atoms with Crippen molar-refractivity contribution >= 4 is 5.91 Å². The van der Waals surface area contributed by atoms with Crippen molar-refractivity contribution in [3.63, 3.8) is 0 Å². The van der Waals surface area contributed by atoms with E-state index in [0.717, 1.165) is 11.4 Å². The molecule has 2 aliphatic heterocycles. The molecule has 1 aromatic carbocycles. The van der Waals surface area contributed by atoms with E-state index >= 15 is 0 Å². The number of benzene rings is 1. The topological polar surface area (TPSA) is 87.7 Å². The maximum absolute atomic E-state index is 12.8. The Hall–Kier alpha value is -2.54. The van der Waals surface area contributed by atoms with Crippen LogP contribution in [0.4, 0.5) is 0 Å². The fourth-order valence-electron chi connectivity index (χ4n) is 3.43. The summed E-state index contributed by atoms with van der Waals surface area (Å²) in [6.45, 7) is 3.80. The number of carbonyl (C=O) groups is 1. The van der Waals surface area contributed by atoms with E-state index in [9.17, 15) is 9.90 Å². The van der Waals surface area contributed by atoms with Gasteiger partial charge in [0.2, 0.25) is 0 Å². The summed E-state index contributed by atoms with van der Waals surface area (Å²) in [4.78, 5) is 14.5. The van der Waals surface area contributed by atoms with Crippen molar-refractivity contribution in [2.24, 2.45) is 5.92 Å². The Morgan fingerprint density at radius 1 is 1.28 bits per heavy atom. The number of aromatic amines is 1. The molecule has 1 aromatic heterocycles. The van der Waals surface area contributed by atoms with Crippen LogP contribution in [0, 0.1) is 12.8 Å². The number of amides is 1. The van der Waals surface area contributed by atoms with Gasteiger partial charge in [0.25, 0.3) is 5.91 Å². The highest BCUT2D eigenvalue weighted by Gasteiger charge is 2.35. The standard InChI is InChI=1S/C18H21N3O4/c1-11-6-14(20-19-11)7-13-9-21(10-15(13)22)18(23)12-2-3-16-17(8-12)25-5-4-24-16/h2-3,6,8,13,15,22H,4-5,7,9-10H2,1H3,(H,19,20)/t13-,15-/m1/s1. The Morgan fingerprint density at radius 3 is 2.84 bits per heavy atom. The zero-order valence-corrected chi connectivity index (χ0v) is 14.1. The summed E-state index contributed by atoms with van der Waals surface area (Å²) in [5, 5.41) is 17.5. The first-order valence-electron chi connectivity index (χ1n) is 8.48. The highest BCUT2D eigenvalue weighted by atomic mass is 16.6. The molecule has 0 saturated carbocycles. The Labute approximate surface area is 145 Å². The first kappa shape index (κ1) is 16.0. The SMILES string of the molecule is Cc1cc(C[C@@H]2CN(C(=O)c3ccc4c(c3)OCCO4)C[C@H]2O)n[nH]1. The normalized spacial score (nSPS) is 22.2. The van der Waals surface area contributed by atoms with E-state index in [2.05, 4.69) is 10.2 Å². The number of β-amino-alcohol motifs (C(OH)–C–C–N with tert-alkyl or cyclic N) is 1. The molecule has 0 bridgehead atoms. The molecule has 3 heterocycles. The van der Waals surface area contributed by atoms with Crippen LogP contribution in [0.1, 0.15) is 21.7 Å². The lowest BCUT2D eigenvalue weighted by atomic mass is 10.0. The minimum absolute atomic E-state index is 0.0103. The van der Waals surface area contributed by atoms with E-state index in [0.29, 0.717) is 49.8 Å². The predicted octanol–water partition coefficient (Wildman–Crippen LogP) is 1.16. The lowest BCUT2D eigenvalue weighted by Gasteiger charge is -2.20. The van der Waals surface area contributed by atoms with E-state index in [4.69, 9.17) is 9.47 Å². The Bertz CT molecular complexity index is 788. The highest BCUT2D eigenvalue weighted by molar-refractivity contribution is 5.95. The zero-order valence-electron chi connectivity index (χ0n) is 14.1. The summed E-state index contributed by atoms with van der Waals surface area (Å²) in [7, 11) is 0. The lowest BCUT2D eigenvalue weighted by molar-refractivity contribution is 0.0763. The highest BCUT2D eigenvalue weighted by Crippen LogP contribution is 2.32. The molecule has 0 radical (unpaired) electrons. The number of nitrogens with zero attached hydrogens (tertiary/aromatic N) is 2. The van der Waals surface area contributed by atoms with Gasteiger partial charge in [-0.05, 0) is 37.6 Å². The van der Waals surface area contributed by atoms with Crippen molar-refractivity contribution in [2.45, 2.75) is 19.4 Å². The molecule has 0 unspecified atom stereocenters. The van der Waals surface area contributed by atoms with Crippen LogP contribution < -0.4 is 9.47 Å². The van der Waals surface area contributed by atoms with Crippen molar-refractivity contribution in [3.05, 3.63) is 41.2 Å². The smallest absolute Gasteiger partial charge is 0.254 e. The molecule has 1 fully saturated rings. The minimum atomic E-state index is -0.543. The maximum atomic E-state index is 12.8. The van der Waals surface area contributed by atoms with Crippen LogP contribution in [0.5, 0.6) is 11.5 Å². The van der Waals surface area contributed by atoms with Gasteiger partial charge in [0.15, 0.2) is 11.5 Å². The van der Waals surface area contributed by atoms with Crippen molar-refractivity contribution in [1.82, 2.24) is 15.1 Å². The van der Waals surface area contributed by atoms with Crippen LogP contribution >= 0.6 is 0 Å². The minimum Gasteiger partial charge on any atom is -0.486 e. The molecule has 132 valence electrons. The molecule has 7 nitrogen and oxygen atoms in total. The molecule has 2 aromatic rings. The molecule has 1 amide bonds. The maximum Gasteiger partial charge on any atom is 0.254 e. The number of ether oxygens (including phenoxy) is 2. The van der Waals surface area contributed by atoms with Gasteiger partial charge in [-0.25, -0.2) is 0 Å². The number of likely N-dealkylation sites (tertiary alicyclic amines) is 1. The number of nitrogens with one attached hydrogen (secondary N) is 1. The Kier molecular flexibility index (Phi) is 4.09. The number of hydrogen-bond donors (Lipinski definition) is 2. The van der Waals surface area contributed by atoms with Crippen LogP contribution in [0.3, 0.4) is 0 Å². The van der Waals surface area contributed by atoms with Crippen LogP contribution in [0.25, 0.3) is 0 Å². The van der Waals surface area contributed by atoms with E-state index in [-0.39, 0.29) is 11.8 Å². The third-order valence-electron chi connectivity index (χ3n) is 4.71. The van der Waals surface area contributed by atoms with Crippen molar-refractivity contribution in [2.75, 3.05) is 26.3 Å². The monoisotopic (exact) mass is 343 g/mol. The van der Waals surface area contributed by atoms with Gasteiger partial charge in [-0.1, -0.05) is 0 Å². The second-order valence-electron chi connectivity index (χ2n) is 6.64. The second kappa shape index (κ2) is 6.40. The van der Waals surface area contributed by atoms with Gasteiger partial charge in [0.05, 0.1) is 11.8 Å². The van der Waals surface area contributed by atoms with Gasteiger partial charge < -0.3 is 19.5 Å². The van der Waals surface area contributed by atoms with Gasteiger partial charge in [0, 0.05) is 30.3 Å². The van der Waals surface area contributed by atoms with E-state index in [1.807, 2.05) is 13.0 Å². The molecule has 0 aliphatic carbocycles. The summed E-state index contributed by atoms with van der Waals surface area (Å²) < 4.78 is 11.0. The van der Waals surface area contributed by atoms with Crippen LogP contribution in [-0.2, 0) is 6.42 Å². The predicted molar refractivity (Wildman–Crippen MR) is 89.9 cm³/mol. The molecule has 2 N–H and O–H groups in total. The fourth-order valence-corrected chi connectivity index (χ4v) is 3.43. The largest absolute Gasteiger partial charge is 0.486 e. The number of hydrogen-bond acceptors (Lipinski definition) is 5. The molecule has 25 heavy (non-hydrogen) atoms. The van der Waals surface area contributed by atoms with Crippen molar-refractivity contribution in [1.29, 1.82) is 0 Å². The van der Waals surface area contributed by atoms with Gasteiger partial charge in [-0.3, -0.25) is 9.89 Å². The van der Waals surface area contributed by atoms with Crippen LogP contribution in [0.15, 0.2) is 24.3 Å². The average molecular weight is 343 g/mol. The van der Waals surface area contributed by atoms with Gasteiger partial charge >= 0.3 is 0 Å².